The van der Waals surface area contributed by atoms with Gasteiger partial charge in [0.2, 0.25) is 5.91 Å². The molecule has 1 aliphatic rings. The smallest absolute Gasteiger partial charge is 0.282 e. The molecule has 0 aromatic rings. The molecule has 1 aliphatic carbocycles. The van der Waals surface area contributed by atoms with Crippen LogP contribution in [0.2, 0.25) is 0 Å². The van der Waals surface area contributed by atoms with Gasteiger partial charge >= 0.3 is 0 Å². The molecule has 0 atom stereocenters. The summed E-state index contributed by atoms with van der Waals surface area (Å²) >= 11 is 0. The van der Waals surface area contributed by atoms with Crippen LogP contribution in [0.5, 0.6) is 0 Å². The fourth-order valence-corrected chi connectivity index (χ4v) is 2.06. The highest BCUT2D eigenvalue weighted by molar-refractivity contribution is 7.89. The number of primary amides is 1. The van der Waals surface area contributed by atoms with E-state index in [0.717, 1.165) is 7.11 Å². The zero-order chi connectivity index (χ0) is 8.70. The fourth-order valence-electron chi connectivity index (χ4n) is 0.893. The van der Waals surface area contributed by atoms with Crippen molar-refractivity contribution in [3.05, 3.63) is 0 Å². The molecule has 6 heteroatoms. The Morgan fingerprint density at radius 1 is 1.55 bits per heavy atom. The van der Waals surface area contributed by atoms with Crippen molar-refractivity contribution < 1.29 is 17.4 Å². The lowest BCUT2D eigenvalue weighted by atomic mass is 10.4. The lowest BCUT2D eigenvalue weighted by Crippen LogP contribution is -2.38. The van der Waals surface area contributed by atoms with Crippen LogP contribution in [-0.4, -0.2) is 26.2 Å². The molecule has 1 saturated carbocycles. The predicted molar refractivity (Wildman–Crippen MR) is 37.1 cm³/mol. The summed E-state index contributed by atoms with van der Waals surface area (Å²) in [6, 6.07) is 0. The van der Waals surface area contributed by atoms with Gasteiger partial charge in [0.15, 0.2) is 4.75 Å². The van der Waals surface area contributed by atoms with Crippen LogP contribution in [-0.2, 0) is 19.1 Å². The maximum Gasteiger partial charge on any atom is 0.282 e. The molecule has 11 heavy (non-hydrogen) atoms. The zero-order valence-electron chi connectivity index (χ0n) is 6.03. The minimum Gasteiger partial charge on any atom is -0.368 e. The quantitative estimate of drug-likeness (QED) is 0.562. The van der Waals surface area contributed by atoms with Gasteiger partial charge < -0.3 is 5.73 Å². The average molecular weight is 179 g/mol. The van der Waals surface area contributed by atoms with Crippen molar-refractivity contribution in [2.24, 2.45) is 5.73 Å². The summed E-state index contributed by atoms with van der Waals surface area (Å²) in [7, 11) is -2.73. The summed E-state index contributed by atoms with van der Waals surface area (Å²) in [5, 5.41) is 0. The lowest BCUT2D eigenvalue weighted by molar-refractivity contribution is -0.118. The predicted octanol–water partition coefficient (Wildman–Crippen LogP) is -1.02. The Morgan fingerprint density at radius 3 is 2.09 bits per heavy atom. The molecular weight excluding hydrogens is 170 g/mol. The Labute approximate surface area is 64.6 Å². The highest BCUT2D eigenvalue weighted by atomic mass is 32.2. The third-order valence-corrected chi connectivity index (χ3v) is 3.86. The fraction of sp³-hybridized carbons (Fsp3) is 0.800. The van der Waals surface area contributed by atoms with Crippen LogP contribution in [0.15, 0.2) is 0 Å². The number of amides is 1. The van der Waals surface area contributed by atoms with Crippen LogP contribution in [0.3, 0.4) is 0 Å². The van der Waals surface area contributed by atoms with E-state index in [1.54, 1.807) is 0 Å². The average Bonchev–Trinajstić information content (AvgIpc) is 2.66. The van der Waals surface area contributed by atoms with Gasteiger partial charge in [-0.05, 0) is 12.8 Å². The standard InChI is InChI=1S/C5H9NO4S/c1-10-11(8,9)5(2-3-5)4(6)7/h2-3H2,1H3,(H2,6,7). The Kier molecular flexibility index (Phi) is 1.68. The molecule has 64 valence electrons. The molecular formula is C5H9NO4S. The molecule has 0 heterocycles. The van der Waals surface area contributed by atoms with Gasteiger partial charge in [0.1, 0.15) is 0 Å². The van der Waals surface area contributed by atoms with Gasteiger partial charge in [-0.25, -0.2) is 0 Å². The normalized spacial score (nSPS) is 21.2. The van der Waals surface area contributed by atoms with Crippen molar-refractivity contribution in [1.29, 1.82) is 0 Å². The second-order valence-corrected chi connectivity index (χ2v) is 4.50. The van der Waals surface area contributed by atoms with Crippen LogP contribution >= 0.6 is 0 Å². The first-order valence-electron chi connectivity index (χ1n) is 3.06. The van der Waals surface area contributed by atoms with E-state index in [1.165, 1.54) is 0 Å². The lowest BCUT2D eigenvalue weighted by Gasteiger charge is -2.08. The molecule has 0 aliphatic heterocycles. The summed E-state index contributed by atoms with van der Waals surface area (Å²) in [4.78, 5) is 10.7. The van der Waals surface area contributed by atoms with Gasteiger partial charge in [0, 0.05) is 0 Å². The number of hydrogen-bond donors (Lipinski definition) is 1. The van der Waals surface area contributed by atoms with E-state index >= 15 is 0 Å². The molecule has 0 bridgehead atoms. The summed E-state index contributed by atoms with van der Waals surface area (Å²) in [5.41, 5.74) is 4.90. The highest BCUT2D eigenvalue weighted by Crippen LogP contribution is 2.43. The van der Waals surface area contributed by atoms with Crippen molar-refractivity contribution in [3.8, 4) is 0 Å². The third kappa shape index (κ3) is 1.02. The summed E-state index contributed by atoms with van der Waals surface area (Å²) < 4.78 is 24.8. The SMILES string of the molecule is COS(=O)(=O)C1(C(N)=O)CC1. The van der Waals surface area contributed by atoms with Gasteiger partial charge in [0.25, 0.3) is 10.1 Å². The molecule has 1 rings (SSSR count). The second kappa shape index (κ2) is 2.18. The van der Waals surface area contributed by atoms with E-state index in [4.69, 9.17) is 5.73 Å². The number of carbonyl (C=O) groups excluding carboxylic acids is 1. The maximum absolute atomic E-state index is 11.0. The number of hydrogen-bond acceptors (Lipinski definition) is 4. The van der Waals surface area contributed by atoms with Crippen LogP contribution in [0.4, 0.5) is 0 Å². The van der Waals surface area contributed by atoms with Gasteiger partial charge in [-0.1, -0.05) is 0 Å². The Bertz CT molecular complexity index is 277. The van der Waals surface area contributed by atoms with Gasteiger partial charge in [-0.3, -0.25) is 8.98 Å². The highest BCUT2D eigenvalue weighted by Gasteiger charge is 2.60. The van der Waals surface area contributed by atoms with Crippen LogP contribution < -0.4 is 5.73 Å². The van der Waals surface area contributed by atoms with Crippen LogP contribution in [0.1, 0.15) is 12.8 Å². The Balaban J connectivity index is 3.00. The maximum atomic E-state index is 11.0. The molecule has 0 spiro atoms. The van der Waals surface area contributed by atoms with E-state index in [0.29, 0.717) is 0 Å². The molecule has 0 unspecified atom stereocenters. The van der Waals surface area contributed by atoms with Crippen molar-refractivity contribution in [2.45, 2.75) is 17.6 Å². The van der Waals surface area contributed by atoms with E-state index in [9.17, 15) is 13.2 Å². The molecule has 2 N–H and O–H groups in total. The van der Waals surface area contributed by atoms with E-state index in [2.05, 4.69) is 4.18 Å². The van der Waals surface area contributed by atoms with Crippen LogP contribution in [0.25, 0.3) is 0 Å². The van der Waals surface area contributed by atoms with Crippen LogP contribution in [0, 0.1) is 0 Å². The van der Waals surface area contributed by atoms with Gasteiger partial charge in [-0.15, -0.1) is 0 Å². The zero-order valence-corrected chi connectivity index (χ0v) is 6.85. The Hall–Kier alpha value is -0.620. The van der Waals surface area contributed by atoms with Crippen molar-refractivity contribution >= 4 is 16.0 Å². The minimum absolute atomic E-state index is 0.276. The summed E-state index contributed by atoms with van der Waals surface area (Å²) in [6.45, 7) is 0. The Morgan fingerprint density at radius 2 is 2.00 bits per heavy atom. The van der Waals surface area contributed by atoms with E-state index in [-0.39, 0.29) is 12.8 Å². The molecule has 0 saturated heterocycles. The van der Waals surface area contributed by atoms with Crippen molar-refractivity contribution in [2.75, 3.05) is 7.11 Å². The minimum atomic E-state index is -3.76. The summed E-state index contributed by atoms with van der Waals surface area (Å²) in [5.74, 6) is -0.820. The molecule has 5 nitrogen and oxygen atoms in total. The molecule has 1 amide bonds. The summed E-state index contributed by atoms with van der Waals surface area (Å²) in [6.07, 6.45) is 0.553. The monoisotopic (exact) mass is 179 g/mol. The van der Waals surface area contributed by atoms with E-state index in [1.807, 2.05) is 0 Å². The molecule has 0 aromatic heterocycles. The number of carbonyl (C=O) groups is 1. The number of nitrogens with two attached hydrogens (primary N) is 1. The molecule has 1 fully saturated rings. The second-order valence-electron chi connectivity index (χ2n) is 2.48. The topological polar surface area (TPSA) is 86.5 Å². The molecule has 0 radical (unpaired) electrons. The first-order chi connectivity index (χ1) is 4.96. The molecule has 0 aromatic carbocycles. The largest absolute Gasteiger partial charge is 0.368 e. The first kappa shape index (κ1) is 8.48. The third-order valence-electron chi connectivity index (χ3n) is 1.85. The van der Waals surface area contributed by atoms with Crippen molar-refractivity contribution in [1.82, 2.24) is 0 Å². The van der Waals surface area contributed by atoms with Gasteiger partial charge in [0.05, 0.1) is 7.11 Å². The van der Waals surface area contributed by atoms with E-state index < -0.39 is 20.8 Å². The van der Waals surface area contributed by atoms with Gasteiger partial charge in [-0.2, -0.15) is 8.42 Å². The number of rotatable bonds is 3. The first-order valence-corrected chi connectivity index (χ1v) is 4.47. The van der Waals surface area contributed by atoms with Crippen molar-refractivity contribution in [3.63, 3.8) is 0 Å².